The summed E-state index contributed by atoms with van der Waals surface area (Å²) in [5.41, 5.74) is 2.58. The number of aliphatic imine (C=N–C) groups is 1. The topological polar surface area (TPSA) is 76.9 Å². The molecule has 0 atom stereocenters. The molecule has 7 nitrogen and oxygen atoms in total. The average Bonchev–Trinajstić information content (AvgIpc) is 3.21. The highest BCUT2D eigenvalue weighted by Gasteiger charge is 2.13. The third-order valence-electron chi connectivity index (χ3n) is 4.90. The summed E-state index contributed by atoms with van der Waals surface area (Å²) in [6.07, 6.45) is 3.09. The number of aromatic nitrogens is 1. The van der Waals surface area contributed by atoms with Crippen molar-refractivity contribution < 1.29 is 14.3 Å². The van der Waals surface area contributed by atoms with Crippen LogP contribution < -0.4 is 15.4 Å². The van der Waals surface area contributed by atoms with Crippen LogP contribution in [0.15, 0.2) is 59.7 Å². The highest BCUT2D eigenvalue weighted by molar-refractivity contribution is 5.92. The number of guanidine groups is 1. The molecule has 0 saturated carbocycles. The second kappa shape index (κ2) is 10.3. The largest absolute Gasteiger partial charge is 0.496 e. The lowest BCUT2D eigenvalue weighted by atomic mass is 10.1. The molecule has 0 bridgehead atoms. The normalized spacial score (nSPS) is 11.4. The van der Waals surface area contributed by atoms with E-state index in [0.29, 0.717) is 23.8 Å². The van der Waals surface area contributed by atoms with Crippen LogP contribution in [0.1, 0.15) is 22.3 Å². The number of nitrogens with one attached hydrogen (secondary N) is 2. The van der Waals surface area contributed by atoms with Crippen LogP contribution in [0.5, 0.6) is 5.75 Å². The molecule has 3 aromatic rings. The summed E-state index contributed by atoms with van der Waals surface area (Å²) in [7, 11) is 4.62. The minimum absolute atomic E-state index is 0.404. The van der Waals surface area contributed by atoms with Gasteiger partial charge in [0.2, 0.25) is 0 Å². The molecule has 0 radical (unpaired) electrons. The predicted molar refractivity (Wildman–Crippen MR) is 119 cm³/mol. The molecule has 2 N–H and O–H groups in total. The van der Waals surface area contributed by atoms with E-state index in [1.165, 1.54) is 25.1 Å². The third-order valence-corrected chi connectivity index (χ3v) is 4.90. The first kappa shape index (κ1) is 21.2. The first-order chi connectivity index (χ1) is 14.7. The fraction of sp³-hybridized carbons (Fsp3) is 0.304. The number of rotatable bonds is 8. The number of benzene rings is 2. The van der Waals surface area contributed by atoms with E-state index in [1.807, 2.05) is 6.07 Å². The van der Waals surface area contributed by atoms with Crippen molar-refractivity contribution in [2.45, 2.75) is 19.5 Å². The summed E-state index contributed by atoms with van der Waals surface area (Å²) in [4.78, 5) is 16.2. The molecule has 0 fully saturated rings. The van der Waals surface area contributed by atoms with Gasteiger partial charge in [0.1, 0.15) is 11.3 Å². The van der Waals surface area contributed by atoms with E-state index in [0.717, 1.165) is 25.1 Å². The first-order valence-electron chi connectivity index (χ1n) is 9.90. The average molecular weight is 409 g/mol. The summed E-state index contributed by atoms with van der Waals surface area (Å²) in [5, 5.41) is 7.86. The maximum Gasteiger partial charge on any atom is 0.341 e. The number of hydrogen-bond donors (Lipinski definition) is 2. The van der Waals surface area contributed by atoms with E-state index in [2.05, 4.69) is 56.7 Å². The Morgan fingerprint density at radius 2 is 1.93 bits per heavy atom. The Kier molecular flexibility index (Phi) is 7.32. The van der Waals surface area contributed by atoms with Crippen molar-refractivity contribution >= 4 is 22.8 Å². The monoisotopic (exact) mass is 408 g/mol. The Morgan fingerprint density at radius 3 is 2.70 bits per heavy atom. The van der Waals surface area contributed by atoms with E-state index < -0.39 is 5.97 Å². The lowest BCUT2D eigenvalue weighted by molar-refractivity contribution is 0.0597. The molecular weight excluding hydrogens is 380 g/mol. The molecule has 0 spiro atoms. The quantitative estimate of drug-likeness (QED) is 0.259. The molecule has 0 unspecified atom stereocenters. The molecule has 0 saturated heterocycles. The van der Waals surface area contributed by atoms with Crippen LogP contribution in [0, 0.1) is 0 Å². The van der Waals surface area contributed by atoms with Gasteiger partial charge in [-0.3, -0.25) is 4.99 Å². The minimum Gasteiger partial charge on any atom is -0.496 e. The molecule has 0 amide bonds. The summed E-state index contributed by atoms with van der Waals surface area (Å²) in [6, 6.07) is 16.0. The molecule has 1 heterocycles. The number of hydrogen-bond acceptors (Lipinski definition) is 4. The van der Waals surface area contributed by atoms with Crippen LogP contribution in [0.4, 0.5) is 0 Å². The lowest BCUT2D eigenvalue weighted by Gasteiger charge is -2.14. The Labute approximate surface area is 176 Å². The molecule has 0 aliphatic heterocycles. The molecule has 0 aliphatic carbocycles. The lowest BCUT2D eigenvalue weighted by Crippen LogP contribution is -2.37. The Balaban J connectivity index is 1.49. The second-order valence-corrected chi connectivity index (χ2v) is 6.80. The van der Waals surface area contributed by atoms with Crippen LogP contribution in [-0.4, -0.2) is 44.3 Å². The van der Waals surface area contributed by atoms with Crippen LogP contribution in [0.2, 0.25) is 0 Å². The number of carbonyl (C=O) groups excluding carboxylic acids is 1. The van der Waals surface area contributed by atoms with Gasteiger partial charge >= 0.3 is 5.97 Å². The van der Waals surface area contributed by atoms with Crippen molar-refractivity contribution in [1.29, 1.82) is 0 Å². The van der Waals surface area contributed by atoms with E-state index in [9.17, 15) is 4.79 Å². The number of carbonyl (C=O) groups is 1. The van der Waals surface area contributed by atoms with Crippen molar-refractivity contribution in [1.82, 2.24) is 15.2 Å². The van der Waals surface area contributed by atoms with Crippen LogP contribution in [0.3, 0.4) is 0 Å². The van der Waals surface area contributed by atoms with Gasteiger partial charge in [-0.2, -0.15) is 0 Å². The Morgan fingerprint density at radius 1 is 1.10 bits per heavy atom. The maximum atomic E-state index is 11.9. The van der Waals surface area contributed by atoms with Crippen LogP contribution in [0.25, 0.3) is 10.9 Å². The van der Waals surface area contributed by atoms with Crippen molar-refractivity contribution in [3.8, 4) is 5.75 Å². The molecule has 7 heteroatoms. The number of nitrogens with zero attached hydrogens (tertiary/aromatic N) is 2. The Bertz CT molecular complexity index is 1030. The second-order valence-electron chi connectivity index (χ2n) is 6.80. The summed E-state index contributed by atoms with van der Waals surface area (Å²) >= 11 is 0. The molecule has 2 aromatic carbocycles. The smallest absolute Gasteiger partial charge is 0.341 e. The molecule has 0 aliphatic rings. The van der Waals surface area contributed by atoms with Gasteiger partial charge in [0.25, 0.3) is 0 Å². The molecule has 30 heavy (non-hydrogen) atoms. The fourth-order valence-corrected chi connectivity index (χ4v) is 3.33. The van der Waals surface area contributed by atoms with E-state index >= 15 is 0 Å². The summed E-state index contributed by atoms with van der Waals surface area (Å²) < 4.78 is 12.3. The van der Waals surface area contributed by atoms with Gasteiger partial charge in [-0.15, -0.1) is 0 Å². The number of methoxy groups -OCH3 is 2. The van der Waals surface area contributed by atoms with Gasteiger partial charge in [-0.05, 0) is 41.6 Å². The van der Waals surface area contributed by atoms with E-state index in [1.54, 1.807) is 19.2 Å². The van der Waals surface area contributed by atoms with Gasteiger partial charge in [-0.1, -0.05) is 24.3 Å². The van der Waals surface area contributed by atoms with Gasteiger partial charge in [-0.25, -0.2) is 4.79 Å². The summed E-state index contributed by atoms with van der Waals surface area (Å²) in [5.74, 6) is 0.780. The predicted octanol–water partition coefficient (Wildman–Crippen LogP) is 3.19. The van der Waals surface area contributed by atoms with Crippen molar-refractivity contribution in [2.24, 2.45) is 4.99 Å². The number of fused-ring (bicyclic) bond motifs is 1. The Hall–Kier alpha value is -3.48. The number of para-hydroxylation sites is 1. The maximum absolute atomic E-state index is 11.9. The number of esters is 1. The third kappa shape index (κ3) is 5.11. The standard InChI is InChI=1S/C23H28N4O3/c1-24-23(25-12-6-13-27-14-11-18-7-4-5-8-20(18)27)26-16-17-9-10-21(29-2)19(15-17)22(28)30-3/h4-5,7-11,14-15H,6,12-13,16H2,1-3H3,(H2,24,25,26). The molecular formula is C23H28N4O3. The van der Waals surface area contributed by atoms with Crippen molar-refractivity contribution in [3.05, 3.63) is 65.9 Å². The molecule has 3 rings (SSSR count). The van der Waals surface area contributed by atoms with Gasteiger partial charge < -0.3 is 24.7 Å². The van der Waals surface area contributed by atoms with Gasteiger partial charge in [0, 0.05) is 38.4 Å². The summed E-state index contributed by atoms with van der Waals surface area (Å²) in [6.45, 7) is 2.25. The fourth-order valence-electron chi connectivity index (χ4n) is 3.33. The number of aryl methyl sites for hydroxylation is 1. The van der Waals surface area contributed by atoms with E-state index in [4.69, 9.17) is 9.47 Å². The highest BCUT2D eigenvalue weighted by Crippen LogP contribution is 2.20. The zero-order valence-electron chi connectivity index (χ0n) is 17.6. The van der Waals surface area contributed by atoms with Crippen molar-refractivity contribution in [3.63, 3.8) is 0 Å². The van der Waals surface area contributed by atoms with Crippen LogP contribution in [-0.2, 0) is 17.8 Å². The zero-order valence-corrected chi connectivity index (χ0v) is 17.6. The molecule has 158 valence electrons. The zero-order chi connectivity index (χ0) is 21.3. The highest BCUT2D eigenvalue weighted by atomic mass is 16.5. The number of ether oxygens (including phenoxy) is 2. The first-order valence-corrected chi connectivity index (χ1v) is 9.90. The van der Waals surface area contributed by atoms with E-state index in [-0.39, 0.29) is 0 Å². The SMILES string of the molecule is CN=C(NCCCn1ccc2ccccc21)NCc1ccc(OC)c(C(=O)OC)c1. The molecule has 1 aromatic heterocycles. The van der Waals surface area contributed by atoms with Crippen molar-refractivity contribution in [2.75, 3.05) is 27.8 Å². The van der Waals surface area contributed by atoms with Gasteiger partial charge in [0.15, 0.2) is 5.96 Å². The minimum atomic E-state index is -0.422. The van der Waals surface area contributed by atoms with Gasteiger partial charge in [0.05, 0.1) is 14.2 Å². The van der Waals surface area contributed by atoms with Crippen LogP contribution >= 0.6 is 0 Å².